The van der Waals surface area contributed by atoms with Crippen molar-refractivity contribution in [1.29, 1.82) is 0 Å². The summed E-state index contributed by atoms with van der Waals surface area (Å²) in [5.74, 6) is 0. The molecule has 0 atom stereocenters. The smallest absolute Gasteiger partial charge is 0.329 e. The van der Waals surface area contributed by atoms with Gasteiger partial charge in [-0.15, -0.1) is 9.05 Å². The normalized spacial score (nSPS) is 22.4. The molecule has 0 amide bonds. The molecule has 2 heterocycles. The molecule has 2 rings (SSSR count). The van der Waals surface area contributed by atoms with E-state index in [9.17, 15) is 4.57 Å². The van der Waals surface area contributed by atoms with Crippen LogP contribution in [-0.4, -0.2) is 57.4 Å². The van der Waals surface area contributed by atoms with Crippen LogP contribution in [-0.2, 0) is 13.6 Å². The van der Waals surface area contributed by atoms with Crippen LogP contribution in [0.2, 0.25) is 0 Å². The zero-order valence-corrected chi connectivity index (χ0v) is 10.5. The van der Waals surface area contributed by atoms with Crippen molar-refractivity contribution >= 4 is 8.25 Å². The Balaban J connectivity index is 0.000000165. The van der Waals surface area contributed by atoms with E-state index in [0.29, 0.717) is 13.2 Å². The van der Waals surface area contributed by atoms with Gasteiger partial charge in [-0.25, -0.2) is 0 Å². The van der Waals surface area contributed by atoms with E-state index in [-0.39, 0.29) is 0 Å². The lowest BCUT2D eigenvalue weighted by atomic mass is 10.3. The van der Waals surface area contributed by atoms with Crippen LogP contribution in [0.5, 0.6) is 0 Å². The molecule has 0 aromatic carbocycles. The average molecular weight is 250 g/mol. The topological polar surface area (TPSA) is 76.8 Å². The maximum atomic E-state index is 10.2. The molecule has 0 aromatic heterocycles. The van der Waals surface area contributed by atoms with Crippen molar-refractivity contribution < 1.29 is 13.6 Å². The maximum Gasteiger partial charge on any atom is 0.697 e. The molecule has 6 nitrogen and oxygen atoms in total. The molecule has 0 aliphatic carbocycles. The van der Waals surface area contributed by atoms with Crippen molar-refractivity contribution in [1.82, 2.24) is 10.2 Å². The molecule has 2 aliphatic rings. The van der Waals surface area contributed by atoms with Crippen LogP contribution in [0, 0.1) is 0 Å². The number of piperazine rings is 1. The molecule has 0 saturated carbocycles. The van der Waals surface area contributed by atoms with Gasteiger partial charge in [-0.05, 0) is 0 Å². The van der Waals surface area contributed by atoms with E-state index in [1.54, 1.807) is 0 Å². The lowest BCUT2D eigenvalue weighted by molar-refractivity contribution is 0.165. The third kappa shape index (κ3) is 6.48. The molecule has 2 saturated heterocycles. The Morgan fingerprint density at radius 3 is 2.31 bits per heavy atom. The van der Waals surface area contributed by atoms with Gasteiger partial charge >= 0.3 is 8.25 Å². The van der Waals surface area contributed by atoms with E-state index in [4.69, 9.17) is 5.73 Å². The monoisotopic (exact) mass is 250 g/mol. The highest BCUT2D eigenvalue weighted by atomic mass is 31.1. The largest absolute Gasteiger partial charge is 0.697 e. The summed E-state index contributed by atoms with van der Waals surface area (Å²) in [4.78, 5) is 2.39. The summed E-state index contributed by atoms with van der Waals surface area (Å²) in [6.45, 7) is 7.58. The standard InChI is InChI=1S/C6H15N3.C3H6O3P/c7-1-4-9-5-2-8-3-6-9;4-7-5-2-1-3-6-7/h8H,1-7H2;1-3H2/q;+1. The number of hydrogen-bond donors (Lipinski definition) is 2. The van der Waals surface area contributed by atoms with Crippen LogP contribution in [0.1, 0.15) is 6.42 Å². The second kappa shape index (κ2) is 8.98. The fourth-order valence-corrected chi connectivity index (χ4v) is 2.12. The first-order chi connectivity index (χ1) is 7.83. The zero-order valence-electron chi connectivity index (χ0n) is 9.56. The lowest BCUT2D eigenvalue weighted by Gasteiger charge is -2.26. The fraction of sp³-hybridized carbons (Fsp3) is 1.00. The Kier molecular flexibility index (Phi) is 7.84. The first-order valence-corrected chi connectivity index (χ1v) is 6.78. The summed E-state index contributed by atoms with van der Waals surface area (Å²) in [6.07, 6.45) is 0.862. The van der Waals surface area contributed by atoms with E-state index >= 15 is 0 Å². The highest BCUT2D eigenvalue weighted by Gasteiger charge is 2.23. The first-order valence-electron chi connectivity index (χ1n) is 5.69. The molecule has 2 fully saturated rings. The molecule has 16 heavy (non-hydrogen) atoms. The minimum Gasteiger partial charge on any atom is -0.329 e. The van der Waals surface area contributed by atoms with Crippen molar-refractivity contribution in [2.45, 2.75) is 6.42 Å². The second-order valence-corrected chi connectivity index (χ2v) is 4.59. The summed E-state index contributed by atoms with van der Waals surface area (Å²) in [7, 11) is -1.74. The Labute approximate surface area is 97.4 Å². The predicted octanol–water partition coefficient (Wildman–Crippen LogP) is -0.0690. The molecule has 0 spiro atoms. The Bertz CT molecular complexity index is 190. The maximum absolute atomic E-state index is 10.2. The summed E-state index contributed by atoms with van der Waals surface area (Å²) < 4.78 is 19.3. The molecule has 0 aromatic rings. The van der Waals surface area contributed by atoms with E-state index in [0.717, 1.165) is 45.7 Å². The summed E-state index contributed by atoms with van der Waals surface area (Å²) in [6, 6.07) is 0. The molecule has 3 N–H and O–H groups in total. The number of nitrogens with zero attached hydrogens (tertiary/aromatic N) is 1. The van der Waals surface area contributed by atoms with Crippen molar-refractivity contribution in [3.05, 3.63) is 0 Å². The van der Waals surface area contributed by atoms with Crippen LogP contribution in [0.25, 0.3) is 0 Å². The Morgan fingerprint density at radius 2 is 1.88 bits per heavy atom. The van der Waals surface area contributed by atoms with E-state index in [1.165, 1.54) is 0 Å². The third-order valence-corrected chi connectivity index (χ3v) is 3.12. The lowest BCUT2D eigenvalue weighted by Crippen LogP contribution is -2.45. The average Bonchev–Trinajstić information content (AvgIpc) is 2.33. The fourth-order valence-electron chi connectivity index (χ4n) is 1.49. The number of rotatable bonds is 2. The number of nitrogens with one attached hydrogen (secondary N) is 1. The van der Waals surface area contributed by atoms with Gasteiger partial charge in [-0.1, -0.05) is 0 Å². The van der Waals surface area contributed by atoms with Crippen molar-refractivity contribution in [2.24, 2.45) is 5.73 Å². The van der Waals surface area contributed by atoms with E-state index in [1.807, 2.05) is 0 Å². The number of nitrogens with two attached hydrogens (primary N) is 1. The highest BCUT2D eigenvalue weighted by molar-refractivity contribution is 7.33. The van der Waals surface area contributed by atoms with E-state index < -0.39 is 8.25 Å². The number of hydrogen-bond acceptors (Lipinski definition) is 6. The molecule has 0 unspecified atom stereocenters. The van der Waals surface area contributed by atoms with Crippen molar-refractivity contribution in [2.75, 3.05) is 52.5 Å². The predicted molar refractivity (Wildman–Crippen MR) is 62.5 cm³/mol. The van der Waals surface area contributed by atoms with Crippen LogP contribution in [0.15, 0.2) is 0 Å². The summed E-state index contributed by atoms with van der Waals surface area (Å²) >= 11 is 0. The van der Waals surface area contributed by atoms with Crippen molar-refractivity contribution in [3.8, 4) is 0 Å². The van der Waals surface area contributed by atoms with E-state index in [2.05, 4.69) is 19.3 Å². The minimum absolute atomic E-state index is 0.579. The Morgan fingerprint density at radius 1 is 1.25 bits per heavy atom. The third-order valence-electron chi connectivity index (χ3n) is 2.34. The van der Waals surface area contributed by atoms with Gasteiger partial charge in [0.05, 0.1) is 0 Å². The van der Waals surface area contributed by atoms with Gasteiger partial charge in [0.15, 0.2) is 0 Å². The molecule has 0 radical (unpaired) electrons. The minimum atomic E-state index is -1.74. The van der Waals surface area contributed by atoms with Gasteiger partial charge in [0.2, 0.25) is 0 Å². The summed E-state index contributed by atoms with van der Waals surface area (Å²) in [5.41, 5.74) is 5.40. The van der Waals surface area contributed by atoms with Gasteiger partial charge in [-0.3, -0.25) is 4.90 Å². The second-order valence-electron chi connectivity index (χ2n) is 3.62. The molecule has 2 aliphatic heterocycles. The van der Waals surface area contributed by atoms with Crippen LogP contribution in [0.3, 0.4) is 0 Å². The zero-order chi connectivity index (χ0) is 11.6. The highest BCUT2D eigenvalue weighted by Crippen LogP contribution is 2.27. The van der Waals surface area contributed by atoms with Crippen LogP contribution >= 0.6 is 8.25 Å². The van der Waals surface area contributed by atoms with Gasteiger partial charge in [0, 0.05) is 50.3 Å². The quantitative estimate of drug-likeness (QED) is 0.668. The van der Waals surface area contributed by atoms with Gasteiger partial charge < -0.3 is 11.1 Å². The molecule has 0 bridgehead atoms. The molecule has 7 heteroatoms. The first kappa shape index (κ1) is 14.0. The van der Waals surface area contributed by atoms with Gasteiger partial charge in [-0.2, -0.15) is 0 Å². The molecular weight excluding hydrogens is 229 g/mol. The van der Waals surface area contributed by atoms with Crippen LogP contribution < -0.4 is 11.1 Å². The summed E-state index contributed by atoms with van der Waals surface area (Å²) in [5, 5.41) is 3.29. The van der Waals surface area contributed by atoms with Crippen molar-refractivity contribution in [3.63, 3.8) is 0 Å². The molecular formula is C9H21N3O3P+. The van der Waals surface area contributed by atoms with Gasteiger partial charge in [0.25, 0.3) is 0 Å². The van der Waals surface area contributed by atoms with Gasteiger partial charge in [0.1, 0.15) is 13.2 Å². The molecule has 94 valence electrons. The Hall–Kier alpha value is -0.100. The SMILES string of the molecule is NCCN1CCNCC1.O=[P+]1OCCCO1. The van der Waals surface area contributed by atoms with Crippen LogP contribution in [0.4, 0.5) is 0 Å².